The maximum atomic E-state index is 6.30. The highest BCUT2D eigenvalue weighted by atomic mass is 35.5. The van der Waals surface area contributed by atoms with Gasteiger partial charge in [0.25, 0.3) is 0 Å². The van der Waals surface area contributed by atoms with E-state index in [-0.39, 0.29) is 0 Å². The van der Waals surface area contributed by atoms with E-state index in [1.807, 2.05) is 24.3 Å². The largest absolute Gasteiger partial charge is 0.312 e. The number of aromatic nitrogens is 1. The molecule has 0 aliphatic rings. The van der Waals surface area contributed by atoms with Crippen molar-refractivity contribution < 1.29 is 0 Å². The monoisotopic (exact) mass is 322 g/mol. The average molecular weight is 323 g/mol. The summed E-state index contributed by atoms with van der Waals surface area (Å²) in [5.41, 5.74) is 2.25. The van der Waals surface area contributed by atoms with Gasteiger partial charge < -0.3 is 5.32 Å². The number of hydrogen-bond donors (Lipinski definition) is 1. The minimum absolute atomic E-state index is 0.608. The minimum atomic E-state index is 0.608. The Kier molecular flexibility index (Phi) is 6.22. The lowest BCUT2D eigenvalue weighted by atomic mass is 10.1. The van der Waals surface area contributed by atoms with Crippen molar-refractivity contribution in [2.75, 3.05) is 6.54 Å². The Morgan fingerprint density at radius 3 is 2.71 bits per heavy atom. The molecule has 2 nitrogen and oxygen atoms in total. The average Bonchev–Trinajstić information content (AvgIpc) is 2.82. The molecule has 0 radical (unpaired) electrons. The number of halogens is 1. The molecule has 2 aromatic rings. The van der Waals surface area contributed by atoms with Gasteiger partial charge in [-0.3, -0.25) is 0 Å². The fourth-order valence-corrected chi connectivity index (χ4v) is 3.58. The van der Waals surface area contributed by atoms with E-state index in [0.29, 0.717) is 5.92 Å². The third-order valence-corrected chi connectivity index (χ3v) is 4.66. The van der Waals surface area contributed by atoms with Crippen molar-refractivity contribution in [1.29, 1.82) is 0 Å². The Morgan fingerprint density at radius 2 is 2.05 bits per heavy atom. The molecular weight excluding hydrogens is 300 g/mol. The van der Waals surface area contributed by atoms with E-state index in [1.54, 1.807) is 11.3 Å². The first kappa shape index (κ1) is 16.5. The minimum Gasteiger partial charge on any atom is -0.312 e. The highest BCUT2D eigenvalue weighted by molar-refractivity contribution is 7.15. The van der Waals surface area contributed by atoms with Crippen LogP contribution in [0, 0.1) is 5.92 Å². The second kappa shape index (κ2) is 7.92. The summed E-state index contributed by atoms with van der Waals surface area (Å²) in [6.07, 6.45) is 2.17. The van der Waals surface area contributed by atoms with Crippen molar-refractivity contribution in [2.45, 2.75) is 40.2 Å². The first-order chi connectivity index (χ1) is 10.1. The number of nitrogens with zero attached hydrogens (tertiary/aromatic N) is 1. The van der Waals surface area contributed by atoms with Gasteiger partial charge in [-0.05, 0) is 31.4 Å². The van der Waals surface area contributed by atoms with Crippen LogP contribution >= 0.6 is 22.9 Å². The van der Waals surface area contributed by atoms with Crippen LogP contribution in [0.2, 0.25) is 5.02 Å². The van der Waals surface area contributed by atoms with Crippen LogP contribution in [-0.2, 0) is 13.0 Å². The van der Waals surface area contributed by atoms with Gasteiger partial charge in [0, 0.05) is 17.0 Å². The zero-order valence-electron chi connectivity index (χ0n) is 12.9. The van der Waals surface area contributed by atoms with Gasteiger partial charge in [0.2, 0.25) is 0 Å². The van der Waals surface area contributed by atoms with Gasteiger partial charge in [0.1, 0.15) is 5.01 Å². The summed E-state index contributed by atoms with van der Waals surface area (Å²) in [7, 11) is 0. The summed E-state index contributed by atoms with van der Waals surface area (Å²) in [5.74, 6) is 0.608. The smallest absolute Gasteiger partial charge is 0.125 e. The molecule has 0 atom stereocenters. The third-order valence-electron chi connectivity index (χ3n) is 3.20. The predicted molar refractivity (Wildman–Crippen MR) is 93.1 cm³/mol. The maximum absolute atomic E-state index is 6.30. The summed E-state index contributed by atoms with van der Waals surface area (Å²) in [6.45, 7) is 8.60. The molecule has 1 aromatic heterocycles. The van der Waals surface area contributed by atoms with E-state index in [4.69, 9.17) is 16.6 Å². The van der Waals surface area contributed by atoms with Gasteiger partial charge in [-0.25, -0.2) is 4.98 Å². The Labute approximate surface area is 136 Å². The number of benzene rings is 1. The molecule has 1 aromatic carbocycles. The van der Waals surface area contributed by atoms with Gasteiger partial charge in [-0.2, -0.15) is 0 Å². The van der Waals surface area contributed by atoms with Crippen LogP contribution in [0.5, 0.6) is 0 Å². The molecule has 0 aliphatic carbocycles. The van der Waals surface area contributed by atoms with Gasteiger partial charge in [0.15, 0.2) is 0 Å². The molecule has 21 heavy (non-hydrogen) atoms. The normalized spacial score (nSPS) is 11.3. The lowest BCUT2D eigenvalue weighted by Gasteiger charge is -2.05. The second-order valence-corrected chi connectivity index (χ2v) is 7.13. The van der Waals surface area contributed by atoms with Crippen LogP contribution < -0.4 is 5.32 Å². The molecule has 0 bridgehead atoms. The van der Waals surface area contributed by atoms with Crippen molar-refractivity contribution in [3.8, 4) is 10.6 Å². The van der Waals surface area contributed by atoms with Crippen molar-refractivity contribution >= 4 is 22.9 Å². The van der Waals surface area contributed by atoms with Crippen LogP contribution in [0.4, 0.5) is 0 Å². The SMILES string of the molecule is CCCNCc1sc(-c2ccccc2Cl)nc1CC(C)C. The summed E-state index contributed by atoms with van der Waals surface area (Å²) >= 11 is 8.07. The van der Waals surface area contributed by atoms with Crippen molar-refractivity contribution in [3.05, 3.63) is 39.9 Å². The van der Waals surface area contributed by atoms with Gasteiger partial charge >= 0.3 is 0 Å². The zero-order chi connectivity index (χ0) is 15.2. The van der Waals surface area contributed by atoms with E-state index in [9.17, 15) is 0 Å². The Hall–Kier alpha value is -0.900. The van der Waals surface area contributed by atoms with Crippen molar-refractivity contribution in [3.63, 3.8) is 0 Å². The summed E-state index contributed by atoms with van der Waals surface area (Å²) in [6, 6.07) is 7.94. The number of nitrogens with one attached hydrogen (secondary N) is 1. The standard InChI is InChI=1S/C17H23ClN2S/c1-4-9-19-11-16-15(10-12(2)3)20-17(21-16)13-7-5-6-8-14(13)18/h5-8,12,19H,4,9-11H2,1-3H3. The fraction of sp³-hybridized carbons (Fsp3) is 0.471. The Bertz CT molecular complexity index is 578. The van der Waals surface area contributed by atoms with Crippen molar-refractivity contribution in [2.24, 2.45) is 5.92 Å². The number of rotatable bonds is 7. The van der Waals surface area contributed by atoms with Gasteiger partial charge in [-0.1, -0.05) is 50.6 Å². The van der Waals surface area contributed by atoms with E-state index in [2.05, 4.69) is 26.1 Å². The van der Waals surface area contributed by atoms with E-state index in [1.165, 1.54) is 10.6 Å². The lowest BCUT2D eigenvalue weighted by Crippen LogP contribution is -2.14. The molecule has 4 heteroatoms. The van der Waals surface area contributed by atoms with E-state index in [0.717, 1.165) is 41.5 Å². The Morgan fingerprint density at radius 1 is 1.29 bits per heavy atom. The highest BCUT2D eigenvalue weighted by Gasteiger charge is 2.15. The lowest BCUT2D eigenvalue weighted by molar-refractivity contribution is 0.623. The predicted octanol–water partition coefficient (Wildman–Crippen LogP) is 5.16. The Balaban J connectivity index is 2.28. The first-order valence-corrected chi connectivity index (χ1v) is 8.75. The molecule has 1 heterocycles. The first-order valence-electron chi connectivity index (χ1n) is 7.56. The molecule has 0 fully saturated rings. The molecule has 0 unspecified atom stereocenters. The summed E-state index contributed by atoms with van der Waals surface area (Å²) < 4.78 is 0. The highest BCUT2D eigenvalue weighted by Crippen LogP contribution is 2.33. The molecule has 2 rings (SSSR count). The van der Waals surface area contributed by atoms with Crippen LogP contribution in [-0.4, -0.2) is 11.5 Å². The number of hydrogen-bond acceptors (Lipinski definition) is 3. The van der Waals surface area contributed by atoms with Crippen LogP contribution in [0.15, 0.2) is 24.3 Å². The molecule has 0 saturated carbocycles. The molecule has 114 valence electrons. The van der Waals surface area contributed by atoms with Gasteiger partial charge in [0.05, 0.1) is 10.7 Å². The fourth-order valence-electron chi connectivity index (χ4n) is 2.20. The van der Waals surface area contributed by atoms with Crippen molar-refractivity contribution in [1.82, 2.24) is 10.3 Å². The summed E-state index contributed by atoms with van der Waals surface area (Å²) in [5, 5.41) is 5.29. The summed E-state index contributed by atoms with van der Waals surface area (Å²) in [4.78, 5) is 6.19. The molecule has 0 amide bonds. The number of thiazole rings is 1. The van der Waals surface area contributed by atoms with E-state index >= 15 is 0 Å². The molecule has 0 saturated heterocycles. The van der Waals surface area contributed by atoms with Crippen LogP contribution in [0.3, 0.4) is 0 Å². The topological polar surface area (TPSA) is 24.9 Å². The quantitative estimate of drug-likeness (QED) is 0.712. The van der Waals surface area contributed by atoms with Gasteiger partial charge in [-0.15, -0.1) is 11.3 Å². The molecule has 0 aliphatic heterocycles. The zero-order valence-corrected chi connectivity index (χ0v) is 14.5. The second-order valence-electron chi connectivity index (χ2n) is 5.64. The maximum Gasteiger partial charge on any atom is 0.125 e. The molecule has 0 spiro atoms. The molecular formula is C17H23ClN2S. The third kappa shape index (κ3) is 4.53. The van der Waals surface area contributed by atoms with E-state index < -0.39 is 0 Å². The van der Waals surface area contributed by atoms with Crippen LogP contribution in [0.1, 0.15) is 37.8 Å². The molecule has 1 N–H and O–H groups in total. The van der Waals surface area contributed by atoms with Crippen LogP contribution in [0.25, 0.3) is 10.6 Å².